The standard InChI is InChI=1S/C46H58N10O15/c1-34-31-52(45(58)35-6-3-2-4-7-35)13-14-54(34)46(59)43(57)37-30-49-44-41(37)40(10-11-48-44)71-29-28-69-25-24-67-21-19-65-17-15-53-32-36(50-51-53)33-70-27-26-68-23-22-66-20-18-64-16-12-47-42-38(55(60)61)8-5-9-39(42)56(62)63/h2-11,30,32,34,47H,12-29,31,33H2,1H3,(H,48,49)/t34-/m1/s1. The van der Waals surface area contributed by atoms with Gasteiger partial charge in [0.1, 0.15) is 23.7 Å². The van der Waals surface area contributed by atoms with Crippen LogP contribution in [-0.2, 0) is 51.1 Å². The first-order valence-corrected chi connectivity index (χ1v) is 23.0. The number of amides is 2. The predicted octanol–water partition coefficient (Wildman–Crippen LogP) is 3.33. The van der Waals surface area contributed by atoms with Crippen LogP contribution in [0.1, 0.15) is 33.3 Å². The van der Waals surface area contributed by atoms with Crippen LogP contribution < -0.4 is 10.1 Å². The van der Waals surface area contributed by atoms with E-state index >= 15 is 0 Å². The van der Waals surface area contributed by atoms with Gasteiger partial charge in [0.15, 0.2) is 5.69 Å². The molecule has 6 rings (SSSR count). The van der Waals surface area contributed by atoms with E-state index in [0.717, 1.165) is 0 Å². The maximum absolute atomic E-state index is 13.6. The number of ketones is 1. The molecule has 25 nitrogen and oxygen atoms in total. The molecule has 5 aromatic rings. The highest BCUT2D eigenvalue weighted by Crippen LogP contribution is 2.33. The summed E-state index contributed by atoms with van der Waals surface area (Å²) in [6, 6.07) is 13.9. The zero-order valence-electron chi connectivity index (χ0n) is 39.3. The van der Waals surface area contributed by atoms with Crippen molar-refractivity contribution >= 4 is 45.7 Å². The highest BCUT2D eigenvalue weighted by atomic mass is 16.6. The van der Waals surface area contributed by atoms with Crippen molar-refractivity contribution < 1.29 is 62.1 Å². The van der Waals surface area contributed by atoms with Crippen molar-refractivity contribution in [3.63, 3.8) is 0 Å². The van der Waals surface area contributed by atoms with E-state index in [1.807, 2.05) is 13.0 Å². The lowest BCUT2D eigenvalue weighted by Crippen LogP contribution is -2.56. The molecule has 0 saturated carbocycles. The molecule has 0 radical (unpaired) electrons. The molecule has 3 aromatic heterocycles. The summed E-state index contributed by atoms with van der Waals surface area (Å²) in [5.74, 6) is -1.07. The number of hydrogen-bond donors (Lipinski definition) is 2. The van der Waals surface area contributed by atoms with E-state index in [2.05, 4.69) is 25.6 Å². The number of para-hydroxylation sites is 1. The predicted molar refractivity (Wildman–Crippen MR) is 252 cm³/mol. The number of nitrogens with one attached hydrogen (secondary N) is 2. The van der Waals surface area contributed by atoms with Crippen LogP contribution in [0.2, 0.25) is 0 Å². The van der Waals surface area contributed by atoms with Gasteiger partial charge in [-0.25, -0.2) is 9.67 Å². The summed E-state index contributed by atoms with van der Waals surface area (Å²) in [5, 5.41) is 33.8. The molecule has 1 saturated heterocycles. The zero-order chi connectivity index (χ0) is 50.2. The van der Waals surface area contributed by atoms with Crippen LogP contribution in [0.5, 0.6) is 5.75 Å². The molecule has 2 aromatic carbocycles. The van der Waals surface area contributed by atoms with Crippen LogP contribution >= 0.6 is 0 Å². The topological polar surface area (TPSA) is 289 Å². The largest absolute Gasteiger partial charge is 0.490 e. The van der Waals surface area contributed by atoms with Crippen LogP contribution in [0.3, 0.4) is 0 Å². The number of nitro benzene ring substituents is 2. The number of nitro groups is 2. The molecule has 4 heterocycles. The minimum absolute atomic E-state index is 0.113. The molecule has 2 N–H and O–H groups in total. The fraction of sp³-hybridized carbons (Fsp3) is 0.478. The number of hydrogen-bond acceptors (Lipinski definition) is 19. The fourth-order valence-corrected chi connectivity index (χ4v) is 7.30. The summed E-state index contributed by atoms with van der Waals surface area (Å²) < 4.78 is 46.5. The van der Waals surface area contributed by atoms with Gasteiger partial charge < -0.3 is 58.0 Å². The third-order valence-electron chi connectivity index (χ3n) is 10.8. The van der Waals surface area contributed by atoms with Crippen molar-refractivity contribution in [2.75, 3.05) is 124 Å². The van der Waals surface area contributed by atoms with Crippen LogP contribution in [0, 0.1) is 20.2 Å². The summed E-state index contributed by atoms with van der Waals surface area (Å²) in [7, 11) is 0. The van der Waals surface area contributed by atoms with Gasteiger partial charge in [0.2, 0.25) is 0 Å². The number of anilines is 1. The molecule has 1 aliphatic rings. The molecule has 1 atom stereocenters. The Morgan fingerprint density at radius 3 is 1.99 bits per heavy atom. The van der Waals surface area contributed by atoms with Gasteiger partial charge in [0.05, 0.1) is 126 Å². The summed E-state index contributed by atoms with van der Waals surface area (Å²) in [5.41, 5.74) is 0.882. The molecule has 0 unspecified atom stereocenters. The van der Waals surface area contributed by atoms with E-state index < -0.39 is 21.5 Å². The van der Waals surface area contributed by atoms with Gasteiger partial charge >= 0.3 is 0 Å². The number of carbonyl (C=O) groups is 3. The Kier molecular flexibility index (Phi) is 21.5. The van der Waals surface area contributed by atoms with Gasteiger partial charge in [-0.1, -0.05) is 23.4 Å². The average Bonchev–Trinajstić information content (AvgIpc) is 4.04. The lowest BCUT2D eigenvalue weighted by atomic mass is 10.1. The third-order valence-corrected chi connectivity index (χ3v) is 10.8. The number of aromatic nitrogens is 5. The number of piperazine rings is 1. The van der Waals surface area contributed by atoms with Gasteiger partial charge in [-0.05, 0) is 31.2 Å². The molecular weight excluding hydrogens is 933 g/mol. The number of carbonyl (C=O) groups excluding carboxylic acids is 3. The summed E-state index contributed by atoms with van der Waals surface area (Å²) in [4.78, 5) is 71.6. The highest BCUT2D eigenvalue weighted by molar-refractivity contribution is 6.45. The second kappa shape index (κ2) is 28.6. The van der Waals surface area contributed by atoms with Gasteiger partial charge in [-0.3, -0.25) is 34.6 Å². The number of nitrogens with zero attached hydrogens (tertiary/aromatic N) is 8. The summed E-state index contributed by atoms with van der Waals surface area (Å²) in [6.07, 6.45) is 4.80. The van der Waals surface area contributed by atoms with Gasteiger partial charge in [0, 0.05) is 62.3 Å². The lowest BCUT2D eigenvalue weighted by molar-refractivity contribution is -0.392. The summed E-state index contributed by atoms with van der Waals surface area (Å²) in [6.45, 7) is 7.98. The lowest BCUT2D eigenvalue weighted by Gasteiger charge is -2.39. The summed E-state index contributed by atoms with van der Waals surface area (Å²) >= 11 is 0. The molecule has 0 spiro atoms. The highest BCUT2D eigenvalue weighted by Gasteiger charge is 2.35. The van der Waals surface area contributed by atoms with Crippen molar-refractivity contribution in [3.8, 4) is 5.75 Å². The van der Waals surface area contributed by atoms with Crippen LogP contribution in [0.4, 0.5) is 17.1 Å². The van der Waals surface area contributed by atoms with Crippen LogP contribution in [-0.4, -0.2) is 187 Å². The number of fused-ring (bicyclic) bond motifs is 1. The minimum Gasteiger partial charge on any atom is -0.490 e. The Bertz CT molecular complexity index is 2460. The van der Waals surface area contributed by atoms with Crippen molar-refractivity contribution in [1.82, 2.24) is 34.8 Å². The number of benzene rings is 2. The maximum atomic E-state index is 13.6. The molecule has 1 fully saturated rings. The Morgan fingerprint density at radius 2 is 1.35 bits per heavy atom. The number of ether oxygens (including phenoxy) is 8. The molecular formula is C46H58N10O15. The molecule has 1 aliphatic heterocycles. The van der Waals surface area contributed by atoms with Gasteiger partial charge in [0.25, 0.3) is 29.0 Å². The van der Waals surface area contributed by atoms with Crippen molar-refractivity contribution in [3.05, 3.63) is 110 Å². The quantitative estimate of drug-likeness (QED) is 0.0200. The number of H-pyrrole nitrogens is 1. The maximum Gasteiger partial charge on any atom is 0.299 e. The number of Topliss-reactive ketones (excluding diaryl/α,β-unsaturated/α-hetero) is 1. The first-order chi connectivity index (χ1) is 34.6. The van der Waals surface area contributed by atoms with Gasteiger partial charge in [-0.2, -0.15) is 0 Å². The SMILES string of the molecule is C[C@@H]1CN(C(=O)c2ccccc2)CCN1C(=O)C(=O)c1c[nH]c2nccc(OCCOCCOCCOCCn3cc(COCCOCCOCCOCCNc4c([N+](=O)[O-])cccc4[N+](=O)[O-])nn3)c12. The second-order valence-corrected chi connectivity index (χ2v) is 15.7. The molecule has 71 heavy (non-hydrogen) atoms. The molecule has 25 heteroatoms. The van der Waals surface area contributed by atoms with Crippen molar-refractivity contribution in [2.45, 2.75) is 26.1 Å². The van der Waals surface area contributed by atoms with E-state index in [1.165, 1.54) is 29.3 Å². The van der Waals surface area contributed by atoms with Crippen molar-refractivity contribution in [1.29, 1.82) is 0 Å². The Balaban J connectivity index is 0.731. The molecule has 0 bridgehead atoms. The van der Waals surface area contributed by atoms with E-state index in [0.29, 0.717) is 114 Å². The first-order valence-electron chi connectivity index (χ1n) is 23.0. The number of aromatic amines is 1. The smallest absolute Gasteiger partial charge is 0.299 e. The zero-order valence-corrected chi connectivity index (χ0v) is 39.3. The fourth-order valence-electron chi connectivity index (χ4n) is 7.30. The van der Waals surface area contributed by atoms with Gasteiger partial charge in [-0.15, -0.1) is 5.10 Å². The second-order valence-electron chi connectivity index (χ2n) is 15.7. The first kappa shape index (κ1) is 53.4. The van der Waals surface area contributed by atoms with Crippen LogP contribution in [0.15, 0.2) is 73.2 Å². The number of rotatable bonds is 33. The van der Waals surface area contributed by atoms with E-state index in [-0.39, 0.29) is 80.7 Å². The number of pyridine rings is 1. The van der Waals surface area contributed by atoms with Crippen molar-refractivity contribution in [2.24, 2.45) is 0 Å². The molecule has 2 amide bonds. The minimum atomic E-state index is -0.689. The molecule has 382 valence electrons. The Morgan fingerprint density at radius 1 is 0.746 bits per heavy atom. The normalized spacial score (nSPS) is 13.7. The third kappa shape index (κ3) is 16.3. The monoisotopic (exact) mass is 990 g/mol. The average molecular weight is 991 g/mol. The van der Waals surface area contributed by atoms with Crippen LogP contribution in [0.25, 0.3) is 11.0 Å². The van der Waals surface area contributed by atoms with E-state index in [1.54, 1.807) is 52.3 Å². The molecule has 0 aliphatic carbocycles. The Hall–Kier alpha value is -7.00. The van der Waals surface area contributed by atoms with E-state index in [4.69, 9.17) is 37.9 Å². The Labute approximate surface area is 407 Å². The van der Waals surface area contributed by atoms with E-state index in [9.17, 15) is 34.6 Å².